The molecular formula is C27H26N4O5. The normalized spacial score (nSPS) is 14.8. The Morgan fingerprint density at radius 3 is 2.78 bits per heavy atom. The molecule has 1 aliphatic carbocycles. The minimum absolute atomic E-state index is 0.101. The number of ether oxygens (including phenoxy) is 2. The number of carbonyl (C=O) groups is 2. The van der Waals surface area contributed by atoms with E-state index in [-0.39, 0.29) is 30.7 Å². The fraction of sp³-hybridized carbons (Fsp3) is 0.296. The minimum atomic E-state index is -0.451. The van der Waals surface area contributed by atoms with Gasteiger partial charge >= 0.3 is 5.97 Å². The van der Waals surface area contributed by atoms with Gasteiger partial charge in [0.1, 0.15) is 5.75 Å². The highest BCUT2D eigenvalue weighted by Gasteiger charge is 2.26. The summed E-state index contributed by atoms with van der Waals surface area (Å²) in [5.41, 5.74) is 3.79. The van der Waals surface area contributed by atoms with E-state index < -0.39 is 5.97 Å². The number of benzene rings is 2. The standard InChI is InChI=1S/C27H26N4O5/c1-16-11-12-20-18(13-16)26(17-7-3-4-8-19(17)28-20)27(33)35-15-25-30-23(31-36-25)14-24(32)29-21-9-5-6-10-22(21)34-2/h3-10,16H,11-15H2,1-2H3,(H,29,32)/t16-/m0/s1. The van der Waals surface area contributed by atoms with Crippen LogP contribution in [0.2, 0.25) is 0 Å². The largest absolute Gasteiger partial charge is 0.495 e. The van der Waals surface area contributed by atoms with Crippen LogP contribution in [0.4, 0.5) is 5.69 Å². The summed E-state index contributed by atoms with van der Waals surface area (Å²) in [6.45, 7) is 1.98. The summed E-state index contributed by atoms with van der Waals surface area (Å²) < 4.78 is 16.0. The van der Waals surface area contributed by atoms with Gasteiger partial charge in [0.2, 0.25) is 5.91 Å². The van der Waals surface area contributed by atoms with Crippen molar-refractivity contribution >= 4 is 28.5 Å². The molecule has 0 bridgehead atoms. The van der Waals surface area contributed by atoms with Gasteiger partial charge in [0, 0.05) is 11.1 Å². The molecule has 1 N–H and O–H groups in total. The number of nitrogens with zero attached hydrogens (tertiary/aromatic N) is 3. The van der Waals surface area contributed by atoms with Crippen molar-refractivity contribution in [2.24, 2.45) is 5.92 Å². The van der Waals surface area contributed by atoms with Crippen molar-refractivity contribution in [1.29, 1.82) is 0 Å². The zero-order valence-corrected chi connectivity index (χ0v) is 20.1. The fourth-order valence-corrected chi connectivity index (χ4v) is 4.50. The first-order valence-electron chi connectivity index (χ1n) is 11.8. The highest BCUT2D eigenvalue weighted by molar-refractivity contribution is 6.05. The highest BCUT2D eigenvalue weighted by atomic mass is 16.6. The Kier molecular flexibility index (Phi) is 6.62. The van der Waals surface area contributed by atoms with Crippen molar-refractivity contribution in [3.8, 4) is 5.75 Å². The van der Waals surface area contributed by atoms with Crippen molar-refractivity contribution in [2.75, 3.05) is 12.4 Å². The monoisotopic (exact) mass is 486 g/mol. The molecule has 0 aliphatic heterocycles. The number of nitrogens with one attached hydrogen (secondary N) is 1. The van der Waals surface area contributed by atoms with Gasteiger partial charge in [-0.15, -0.1) is 0 Å². The van der Waals surface area contributed by atoms with Crippen molar-refractivity contribution in [3.05, 3.63) is 77.1 Å². The number of hydrogen-bond acceptors (Lipinski definition) is 8. The summed E-state index contributed by atoms with van der Waals surface area (Å²) in [7, 11) is 1.53. The maximum Gasteiger partial charge on any atom is 0.339 e. The Hall–Kier alpha value is -4.27. The summed E-state index contributed by atoms with van der Waals surface area (Å²) in [4.78, 5) is 34.7. The molecule has 0 fully saturated rings. The molecule has 184 valence electrons. The zero-order valence-electron chi connectivity index (χ0n) is 20.1. The Morgan fingerprint density at radius 2 is 1.92 bits per heavy atom. The number of para-hydroxylation sites is 3. The Balaban J connectivity index is 1.27. The van der Waals surface area contributed by atoms with Crippen molar-refractivity contribution in [3.63, 3.8) is 0 Å². The number of rotatable bonds is 7. The van der Waals surface area contributed by atoms with Crippen LogP contribution in [-0.2, 0) is 35.4 Å². The van der Waals surface area contributed by atoms with Gasteiger partial charge in [-0.2, -0.15) is 4.98 Å². The molecule has 36 heavy (non-hydrogen) atoms. The number of anilines is 1. The number of pyridine rings is 1. The molecule has 2 aromatic heterocycles. The van der Waals surface area contributed by atoms with Gasteiger partial charge in [-0.25, -0.2) is 4.79 Å². The van der Waals surface area contributed by atoms with E-state index in [0.717, 1.165) is 41.4 Å². The average Bonchev–Trinajstić information content (AvgIpc) is 3.33. The van der Waals surface area contributed by atoms with Gasteiger partial charge in [0.25, 0.3) is 5.89 Å². The second-order valence-electron chi connectivity index (χ2n) is 8.88. The molecule has 0 saturated carbocycles. The summed E-state index contributed by atoms with van der Waals surface area (Å²) in [5.74, 6) is 0.540. The van der Waals surface area contributed by atoms with E-state index in [1.807, 2.05) is 30.3 Å². The van der Waals surface area contributed by atoms with Crippen molar-refractivity contribution in [2.45, 2.75) is 39.2 Å². The van der Waals surface area contributed by atoms with Crippen LogP contribution in [0.1, 0.15) is 46.7 Å². The molecular weight excluding hydrogens is 460 g/mol. The number of methoxy groups -OCH3 is 1. The van der Waals surface area contributed by atoms with E-state index >= 15 is 0 Å². The van der Waals surface area contributed by atoms with Gasteiger partial charge in [-0.05, 0) is 48.9 Å². The fourth-order valence-electron chi connectivity index (χ4n) is 4.50. The van der Waals surface area contributed by atoms with Gasteiger partial charge < -0.3 is 19.3 Å². The van der Waals surface area contributed by atoms with Crippen LogP contribution in [0.3, 0.4) is 0 Å². The number of esters is 1. The molecule has 0 radical (unpaired) electrons. The number of aromatic nitrogens is 3. The highest BCUT2D eigenvalue weighted by Crippen LogP contribution is 2.32. The molecule has 2 aromatic carbocycles. The smallest absolute Gasteiger partial charge is 0.339 e. The van der Waals surface area contributed by atoms with Gasteiger partial charge in [0.15, 0.2) is 12.4 Å². The third-order valence-corrected chi connectivity index (χ3v) is 6.25. The predicted molar refractivity (Wildman–Crippen MR) is 132 cm³/mol. The molecule has 4 aromatic rings. The topological polar surface area (TPSA) is 116 Å². The molecule has 9 nitrogen and oxygen atoms in total. The van der Waals surface area contributed by atoms with E-state index in [1.54, 1.807) is 18.2 Å². The molecule has 2 heterocycles. The van der Waals surface area contributed by atoms with Gasteiger partial charge in [-0.3, -0.25) is 9.78 Å². The Labute approximate surface area is 207 Å². The lowest BCUT2D eigenvalue weighted by Gasteiger charge is -2.24. The number of fused-ring (bicyclic) bond motifs is 2. The van der Waals surface area contributed by atoms with E-state index in [1.165, 1.54) is 7.11 Å². The quantitative estimate of drug-likeness (QED) is 0.385. The molecule has 5 rings (SSSR count). The van der Waals surface area contributed by atoms with Crippen LogP contribution >= 0.6 is 0 Å². The van der Waals surface area contributed by atoms with E-state index in [2.05, 4.69) is 22.4 Å². The van der Waals surface area contributed by atoms with Crippen molar-refractivity contribution < 1.29 is 23.6 Å². The molecule has 0 unspecified atom stereocenters. The molecule has 0 saturated heterocycles. The molecule has 1 amide bonds. The molecule has 1 atom stereocenters. The number of amides is 1. The minimum Gasteiger partial charge on any atom is -0.495 e. The van der Waals surface area contributed by atoms with E-state index in [9.17, 15) is 9.59 Å². The van der Waals surface area contributed by atoms with E-state index in [4.69, 9.17) is 19.0 Å². The third kappa shape index (κ3) is 4.91. The summed E-state index contributed by atoms with van der Waals surface area (Å²) in [6, 6.07) is 14.7. The Bertz CT molecular complexity index is 1430. The molecule has 1 aliphatic rings. The lowest BCUT2D eigenvalue weighted by molar-refractivity contribution is -0.115. The van der Waals surface area contributed by atoms with Gasteiger partial charge in [0.05, 0.1) is 30.3 Å². The van der Waals surface area contributed by atoms with Crippen LogP contribution in [-0.4, -0.2) is 34.1 Å². The maximum atomic E-state index is 13.2. The van der Waals surface area contributed by atoms with Gasteiger partial charge in [-0.1, -0.05) is 42.4 Å². The SMILES string of the molecule is COc1ccccc1NC(=O)Cc1noc(COC(=O)c2c3c(nc4ccccc24)CC[C@H](C)C3)n1. The summed E-state index contributed by atoms with van der Waals surface area (Å²) in [5, 5.41) is 7.38. The molecule has 9 heteroatoms. The Morgan fingerprint density at radius 1 is 1.11 bits per heavy atom. The average molecular weight is 487 g/mol. The number of carbonyl (C=O) groups excluding carboxylic acids is 2. The second kappa shape index (κ2) is 10.2. The van der Waals surface area contributed by atoms with Crippen LogP contribution < -0.4 is 10.1 Å². The second-order valence-corrected chi connectivity index (χ2v) is 8.88. The maximum absolute atomic E-state index is 13.2. The first-order valence-corrected chi connectivity index (χ1v) is 11.8. The number of hydrogen-bond donors (Lipinski definition) is 1. The lowest BCUT2D eigenvalue weighted by Crippen LogP contribution is -2.19. The predicted octanol–water partition coefficient (Wildman–Crippen LogP) is 4.29. The first-order chi connectivity index (χ1) is 17.5. The van der Waals surface area contributed by atoms with Crippen LogP contribution in [0.25, 0.3) is 10.9 Å². The summed E-state index contributed by atoms with van der Waals surface area (Å²) >= 11 is 0. The molecule has 0 spiro atoms. The van der Waals surface area contributed by atoms with Crippen LogP contribution in [0.5, 0.6) is 5.75 Å². The van der Waals surface area contributed by atoms with Crippen LogP contribution in [0.15, 0.2) is 53.1 Å². The van der Waals surface area contributed by atoms with Crippen LogP contribution in [0, 0.1) is 5.92 Å². The first kappa shape index (κ1) is 23.5. The van der Waals surface area contributed by atoms with Crippen molar-refractivity contribution in [1.82, 2.24) is 15.1 Å². The number of aryl methyl sites for hydroxylation is 1. The third-order valence-electron chi connectivity index (χ3n) is 6.25. The lowest BCUT2D eigenvalue weighted by atomic mass is 9.84. The zero-order chi connectivity index (χ0) is 25.1. The van der Waals surface area contributed by atoms with E-state index in [0.29, 0.717) is 22.9 Å². The summed E-state index contributed by atoms with van der Waals surface area (Å²) in [6.07, 6.45) is 2.56.